The second-order valence-corrected chi connectivity index (χ2v) is 28.8. The molecule has 0 aliphatic rings. The third-order valence-electron chi connectivity index (χ3n) is 11.4. The SMILES string of the molecule is CC(C)NC(C(=O)OC(C)(C)C)[C@@H](C)O.CC(C)NC(C(=O)OC(C)C)[C@@H](C)O.CC(C)NC(C)[C@@H](C)O.CC(C)N[C@@H](CO)C(=O)OC(C)(C)C.CC(C)N[C@@H](CO)C(=O)OC(C)C.CCOC(=O)C(NC(C)C)[C@@H](C)O.CCOC(=O)[C@H](CO)NC(C)C.COC(=O)[C@H](CO)NC(C)C. The van der Waals surface area contributed by atoms with Gasteiger partial charge in [-0.15, -0.1) is 0 Å². The fourth-order valence-electron chi connectivity index (χ4n) is 7.32. The van der Waals surface area contributed by atoms with Gasteiger partial charge in [0.2, 0.25) is 0 Å². The minimum atomic E-state index is -0.762. The lowest BCUT2D eigenvalue weighted by atomic mass is 10.1. The van der Waals surface area contributed by atoms with Gasteiger partial charge >= 0.3 is 41.8 Å². The monoisotopic (exact) mass is 1470 g/mol. The number of carbonyl (C=O) groups is 7. The Morgan fingerprint density at radius 1 is 0.307 bits per heavy atom. The smallest absolute Gasteiger partial charge is 0.326 e. The van der Waals surface area contributed by atoms with E-state index in [1.54, 1.807) is 111 Å². The van der Waals surface area contributed by atoms with E-state index in [0.29, 0.717) is 19.3 Å². The Labute approximate surface area is 609 Å². The van der Waals surface area contributed by atoms with Crippen LogP contribution in [0.15, 0.2) is 0 Å². The maximum absolute atomic E-state index is 11.7. The van der Waals surface area contributed by atoms with E-state index in [9.17, 15) is 48.9 Å². The first-order valence-electron chi connectivity index (χ1n) is 35.5. The molecule has 0 rings (SSSR count). The molecule has 0 bridgehead atoms. The molecule has 608 valence electrons. The zero-order chi connectivity index (χ0) is 81.6. The first kappa shape index (κ1) is 113. The Morgan fingerprint density at radius 2 is 0.545 bits per heavy atom. The van der Waals surface area contributed by atoms with Crippen LogP contribution in [0.4, 0.5) is 0 Å². The fraction of sp³-hybridized carbons (Fsp3) is 0.901. The maximum Gasteiger partial charge on any atom is 0.326 e. The second-order valence-electron chi connectivity index (χ2n) is 28.8. The summed E-state index contributed by atoms with van der Waals surface area (Å²) in [6.45, 7) is 60.5. The summed E-state index contributed by atoms with van der Waals surface area (Å²) in [5, 5.41) is 96.2. The molecular formula is C71H152N8O22. The van der Waals surface area contributed by atoms with E-state index in [1.165, 1.54) is 7.11 Å². The van der Waals surface area contributed by atoms with Crippen LogP contribution in [0.1, 0.15) is 228 Å². The summed E-state index contributed by atoms with van der Waals surface area (Å²) in [5.74, 6) is -2.84. The Bertz CT molecular complexity index is 2050. The Morgan fingerprint density at radius 3 is 0.772 bits per heavy atom. The largest absolute Gasteiger partial charge is 0.468 e. The van der Waals surface area contributed by atoms with Crippen molar-refractivity contribution in [3.05, 3.63) is 0 Å². The van der Waals surface area contributed by atoms with Gasteiger partial charge in [-0.25, -0.2) is 0 Å². The van der Waals surface area contributed by atoms with Gasteiger partial charge in [0, 0.05) is 54.4 Å². The molecule has 0 heterocycles. The highest BCUT2D eigenvalue weighted by atomic mass is 16.6. The van der Waals surface area contributed by atoms with Crippen LogP contribution in [0.25, 0.3) is 0 Å². The molecule has 0 saturated carbocycles. The third kappa shape index (κ3) is 75.2. The number of nitrogens with one attached hydrogen (secondary N) is 8. The van der Waals surface area contributed by atoms with Crippen LogP contribution < -0.4 is 42.5 Å². The number of aliphatic hydroxyl groups is 8. The van der Waals surface area contributed by atoms with Gasteiger partial charge in [0.25, 0.3) is 0 Å². The van der Waals surface area contributed by atoms with E-state index < -0.39 is 114 Å². The van der Waals surface area contributed by atoms with E-state index in [-0.39, 0.29) is 93.1 Å². The maximum atomic E-state index is 11.7. The van der Waals surface area contributed by atoms with Crippen LogP contribution >= 0.6 is 0 Å². The van der Waals surface area contributed by atoms with Crippen molar-refractivity contribution < 1.29 is 108 Å². The van der Waals surface area contributed by atoms with Crippen molar-refractivity contribution in [3.8, 4) is 0 Å². The van der Waals surface area contributed by atoms with E-state index >= 15 is 0 Å². The van der Waals surface area contributed by atoms with Crippen molar-refractivity contribution in [2.45, 2.75) is 373 Å². The van der Waals surface area contributed by atoms with E-state index in [2.05, 4.69) is 61.1 Å². The van der Waals surface area contributed by atoms with Gasteiger partial charge < -0.3 is 117 Å². The van der Waals surface area contributed by atoms with E-state index in [0.717, 1.165) is 0 Å². The number of rotatable bonds is 35. The average molecular weight is 1470 g/mol. The molecule has 12 atom stereocenters. The predicted molar refractivity (Wildman–Crippen MR) is 397 cm³/mol. The van der Waals surface area contributed by atoms with Gasteiger partial charge in [0.1, 0.15) is 53.5 Å². The first-order chi connectivity index (χ1) is 45.9. The molecule has 0 aromatic heterocycles. The molecule has 0 saturated heterocycles. The normalized spacial score (nSPS) is 14.9. The molecule has 0 aromatic carbocycles. The number of hydrogen-bond donors (Lipinski definition) is 16. The van der Waals surface area contributed by atoms with E-state index in [1.807, 2.05) is 104 Å². The molecule has 0 aliphatic carbocycles. The number of hydrogen-bond acceptors (Lipinski definition) is 30. The summed E-state index contributed by atoms with van der Waals surface area (Å²) in [7, 11) is 1.30. The van der Waals surface area contributed by atoms with Gasteiger partial charge in [0.05, 0.1) is 83.4 Å². The Kier molecular flexibility index (Phi) is 71.4. The molecule has 30 nitrogen and oxygen atoms in total. The lowest BCUT2D eigenvalue weighted by Crippen LogP contribution is -2.50. The summed E-state index contributed by atoms with van der Waals surface area (Å²) in [5.41, 5.74) is -1.04. The minimum absolute atomic E-state index is 0.122. The molecule has 0 aromatic rings. The van der Waals surface area contributed by atoms with Crippen molar-refractivity contribution >= 4 is 41.8 Å². The molecule has 0 spiro atoms. The van der Waals surface area contributed by atoms with Crippen molar-refractivity contribution in [2.75, 3.05) is 46.8 Å². The lowest BCUT2D eigenvalue weighted by Gasteiger charge is -2.27. The van der Waals surface area contributed by atoms with Crippen molar-refractivity contribution in [3.63, 3.8) is 0 Å². The number of methoxy groups -OCH3 is 1. The Hall–Kier alpha value is -4.35. The summed E-state index contributed by atoms with van der Waals surface area (Å²) >= 11 is 0. The minimum Gasteiger partial charge on any atom is -0.468 e. The fourth-order valence-corrected chi connectivity index (χ4v) is 7.32. The van der Waals surface area contributed by atoms with Crippen LogP contribution in [0.5, 0.6) is 0 Å². The highest BCUT2D eigenvalue weighted by molar-refractivity contribution is 5.79. The topological polar surface area (TPSA) is 442 Å². The Balaban J connectivity index is -0.000000164. The van der Waals surface area contributed by atoms with E-state index in [4.69, 9.17) is 54.0 Å². The van der Waals surface area contributed by atoms with Crippen LogP contribution in [-0.4, -0.2) is 274 Å². The van der Waals surface area contributed by atoms with Crippen molar-refractivity contribution in [1.29, 1.82) is 0 Å². The molecule has 0 aliphatic heterocycles. The number of carbonyl (C=O) groups excluding carboxylic acids is 7. The summed E-state index contributed by atoms with van der Waals surface area (Å²) in [6.07, 6.45) is -2.80. The average Bonchev–Trinajstić information content (AvgIpc) is 0.953. The van der Waals surface area contributed by atoms with Gasteiger partial charge in [-0.1, -0.05) is 111 Å². The van der Waals surface area contributed by atoms with Gasteiger partial charge in [0.15, 0.2) is 0 Å². The molecule has 16 N–H and O–H groups in total. The molecular weight excluding hydrogens is 1320 g/mol. The molecule has 0 amide bonds. The van der Waals surface area contributed by atoms with Crippen LogP contribution in [0.2, 0.25) is 0 Å². The van der Waals surface area contributed by atoms with Gasteiger partial charge in [-0.3, -0.25) is 33.6 Å². The van der Waals surface area contributed by atoms with Crippen LogP contribution in [-0.2, 0) is 66.7 Å². The number of aliphatic hydroxyl groups excluding tert-OH is 8. The zero-order valence-electron chi connectivity index (χ0n) is 68.7. The van der Waals surface area contributed by atoms with Crippen molar-refractivity contribution in [1.82, 2.24) is 42.5 Å². The number of ether oxygens (including phenoxy) is 7. The quantitative estimate of drug-likeness (QED) is 0.0320. The van der Waals surface area contributed by atoms with Gasteiger partial charge in [-0.2, -0.15) is 0 Å². The highest BCUT2D eigenvalue weighted by Gasteiger charge is 2.31. The molecule has 101 heavy (non-hydrogen) atoms. The molecule has 30 heteroatoms. The highest BCUT2D eigenvalue weighted by Crippen LogP contribution is 2.11. The van der Waals surface area contributed by atoms with Crippen molar-refractivity contribution in [2.24, 2.45) is 0 Å². The van der Waals surface area contributed by atoms with Crippen LogP contribution in [0.3, 0.4) is 0 Å². The lowest BCUT2D eigenvalue weighted by molar-refractivity contribution is -0.161. The second kappa shape index (κ2) is 64.1. The molecule has 0 radical (unpaired) electrons. The van der Waals surface area contributed by atoms with Gasteiger partial charge in [-0.05, 0) is 118 Å². The predicted octanol–water partition coefficient (Wildman–Crippen LogP) is 3.22. The first-order valence-corrected chi connectivity index (χ1v) is 35.5. The standard InChI is InChI=1S/C11H23NO3.2C10H21NO3.2C9H19NO3.C8H17NO3.C7H15NO3.C7H17NO/c1-7(2)12-9(8(3)13)10(14)15-11(4,5)6;1-7(2)11-8(6-12)9(13)14-10(3,4)5;1-6(2)11-9(8(5)12)10(13)14-7(3)4;1-6(2)10-8(5-11)9(12)13-7(3)4;1-5-13-9(12)8(7(4)11)10-6(2)3;1-4-12-8(11)7(5-10)9-6(2)3;1-5(2)8-6(4-9)7(10)11-3;1-5(2)8-6(3)7(4)9/h7-9,12-13H,1-6H3;7-8,11-12H,6H2,1-5H3;6-9,11-12H,1-5H3;2*6-8,10-11H,5H2,1-4H3;6-7,9-10H,4-5H2,1-3H3;5-6,8-9H,4H2,1-3H3;5-9H,1-4H3/t8-,9?;8-;8-,9?;8-;7-,8?;7-;6-;6?,7-/m10101001/s1. The third-order valence-corrected chi connectivity index (χ3v) is 11.4. The molecule has 4 unspecified atom stereocenters. The summed E-state index contributed by atoms with van der Waals surface area (Å²) < 4.78 is 34.3. The van der Waals surface area contributed by atoms with Crippen LogP contribution in [0, 0.1) is 0 Å². The summed E-state index contributed by atoms with van der Waals surface area (Å²) in [6, 6.07) is -2.70. The molecule has 0 fully saturated rings. The summed E-state index contributed by atoms with van der Waals surface area (Å²) in [4.78, 5) is 79.1. The number of esters is 7. The zero-order valence-corrected chi connectivity index (χ0v) is 68.7.